The number of amides is 1. The Hall–Kier alpha value is -1.27. The Labute approximate surface area is 254 Å². The molecule has 2 aliphatic carbocycles. The van der Waals surface area contributed by atoms with Crippen molar-refractivity contribution in [2.75, 3.05) is 19.8 Å². The van der Waals surface area contributed by atoms with Gasteiger partial charge in [-0.15, -0.1) is 0 Å². The molecule has 6 heteroatoms. The van der Waals surface area contributed by atoms with Gasteiger partial charge in [0.2, 0.25) is 5.91 Å². The van der Waals surface area contributed by atoms with Crippen LogP contribution in [0.15, 0.2) is 0 Å². The average Bonchev–Trinajstić information content (AvgIpc) is 2.95. The van der Waals surface area contributed by atoms with Crippen LogP contribution in [0.3, 0.4) is 0 Å². The number of Topliss-reactive ketones (excluding diaryl/α,β-unsaturated/α-hetero) is 2. The molecule has 0 aliphatic heterocycles. The van der Waals surface area contributed by atoms with Crippen LogP contribution < -0.4 is 5.32 Å². The molecule has 0 saturated heterocycles. The highest BCUT2D eigenvalue weighted by Crippen LogP contribution is 2.30. The maximum atomic E-state index is 12.2. The molecule has 0 heterocycles. The molecule has 2 fully saturated rings. The molecule has 0 aromatic rings. The van der Waals surface area contributed by atoms with Crippen LogP contribution in [0, 0.1) is 35.5 Å². The first-order valence-corrected chi connectivity index (χ1v) is 17.0. The molecule has 2 aliphatic rings. The Kier molecular flexibility index (Phi) is 19.7. The van der Waals surface area contributed by atoms with Crippen molar-refractivity contribution in [2.45, 2.75) is 151 Å². The minimum Gasteiger partial charge on any atom is -0.381 e. The molecule has 0 spiro atoms. The minimum atomic E-state index is 0. The number of hydrogen-bond donors (Lipinski definition) is 1. The van der Waals surface area contributed by atoms with Crippen molar-refractivity contribution < 1.29 is 25.3 Å². The Balaban J connectivity index is 0.00000119. The van der Waals surface area contributed by atoms with Gasteiger partial charge in [-0.3, -0.25) is 14.4 Å². The number of rotatable bonds is 17. The SMILES string of the molecule is CC(C)OCC1CCC(COCCCC(=O)NC2CCC(C(=O)C(C)C)CC2)CC1.CCC[C@@H](CC)C(=O)C(C)C.[HH]. The van der Waals surface area contributed by atoms with E-state index in [-0.39, 0.29) is 31.1 Å². The summed E-state index contributed by atoms with van der Waals surface area (Å²) in [7, 11) is 0. The molecule has 6 nitrogen and oxygen atoms in total. The molecule has 2 saturated carbocycles. The van der Waals surface area contributed by atoms with Crippen LogP contribution in [0.2, 0.25) is 0 Å². The Morgan fingerprint density at radius 2 is 1.39 bits per heavy atom. The highest BCUT2D eigenvalue weighted by Gasteiger charge is 2.28. The van der Waals surface area contributed by atoms with E-state index in [1.165, 1.54) is 25.7 Å². The summed E-state index contributed by atoms with van der Waals surface area (Å²) in [5.41, 5.74) is 0. The monoisotopic (exact) mass is 582 g/mol. The van der Waals surface area contributed by atoms with Crippen LogP contribution >= 0.6 is 0 Å². The molecule has 1 N–H and O–H groups in total. The Morgan fingerprint density at radius 1 is 0.805 bits per heavy atom. The molecular weight excluding hydrogens is 514 g/mol. The molecule has 0 aromatic carbocycles. The second kappa shape index (κ2) is 21.4. The topological polar surface area (TPSA) is 81.7 Å². The van der Waals surface area contributed by atoms with Gasteiger partial charge in [0.05, 0.1) is 6.10 Å². The smallest absolute Gasteiger partial charge is 0.220 e. The van der Waals surface area contributed by atoms with E-state index in [1.54, 1.807) is 0 Å². The van der Waals surface area contributed by atoms with Crippen LogP contribution in [0.4, 0.5) is 0 Å². The highest BCUT2D eigenvalue weighted by atomic mass is 16.5. The summed E-state index contributed by atoms with van der Waals surface area (Å²) < 4.78 is 11.6. The van der Waals surface area contributed by atoms with E-state index in [1.807, 2.05) is 27.7 Å². The summed E-state index contributed by atoms with van der Waals surface area (Å²) in [5, 5.41) is 3.15. The molecule has 0 bridgehead atoms. The van der Waals surface area contributed by atoms with E-state index in [9.17, 15) is 14.4 Å². The fourth-order valence-electron chi connectivity index (χ4n) is 6.14. The van der Waals surface area contributed by atoms with Crippen LogP contribution in [-0.4, -0.2) is 49.4 Å². The first-order chi connectivity index (χ1) is 19.5. The highest BCUT2D eigenvalue weighted by molar-refractivity contribution is 5.83. The van der Waals surface area contributed by atoms with E-state index in [4.69, 9.17) is 9.47 Å². The van der Waals surface area contributed by atoms with E-state index in [0.29, 0.717) is 48.5 Å². The summed E-state index contributed by atoms with van der Waals surface area (Å²) in [6, 6.07) is 0.240. The van der Waals surface area contributed by atoms with Crippen molar-refractivity contribution >= 4 is 17.5 Å². The van der Waals surface area contributed by atoms with Crippen LogP contribution in [0.1, 0.15) is 140 Å². The van der Waals surface area contributed by atoms with Crippen molar-refractivity contribution in [2.24, 2.45) is 35.5 Å². The zero-order valence-corrected chi connectivity index (χ0v) is 28.0. The fourth-order valence-corrected chi connectivity index (χ4v) is 6.14. The van der Waals surface area contributed by atoms with Gasteiger partial charge in [-0.25, -0.2) is 0 Å². The van der Waals surface area contributed by atoms with Gasteiger partial charge in [0.1, 0.15) is 11.6 Å². The van der Waals surface area contributed by atoms with Crippen molar-refractivity contribution in [1.29, 1.82) is 0 Å². The quantitative estimate of drug-likeness (QED) is 0.175. The number of nitrogens with one attached hydrogen (secondary N) is 1. The van der Waals surface area contributed by atoms with Crippen molar-refractivity contribution in [3.8, 4) is 0 Å². The third-order valence-electron chi connectivity index (χ3n) is 8.84. The second-order valence-electron chi connectivity index (χ2n) is 13.6. The number of carbonyl (C=O) groups is 3. The summed E-state index contributed by atoms with van der Waals surface area (Å²) in [5.74, 6) is 3.18. The zero-order chi connectivity index (χ0) is 30.8. The van der Waals surface area contributed by atoms with Gasteiger partial charge in [0.25, 0.3) is 0 Å². The summed E-state index contributed by atoms with van der Waals surface area (Å²) in [6.45, 7) is 18.7. The molecule has 2 rings (SSSR count). The van der Waals surface area contributed by atoms with Crippen LogP contribution in [0.25, 0.3) is 0 Å². The third-order valence-corrected chi connectivity index (χ3v) is 8.84. The molecule has 41 heavy (non-hydrogen) atoms. The fraction of sp³-hybridized carbons (Fsp3) is 0.914. The maximum Gasteiger partial charge on any atom is 0.220 e. The zero-order valence-electron chi connectivity index (χ0n) is 28.0. The molecule has 1 amide bonds. The van der Waals surface area contributed by atoms with E-state index < -0.39 is 0 Å². The molecule has 1 atom stereocenters. The van der Waals surface area contributed by atoms with Gasteiger partial charge >= 0.3 is 0 Å². The van der Waals surface area contributed by atoms with Crippen LogP contribution in [-0.2, 0) is 23.9 Å². The third kappa shape index (κ3) is 16.2. The Bertz CT molecular complexity index is 725. The lowest BCUT2D eigenvalue weighted by atomic mass is 9.80. The van der Waals surface area contributed by atoms with Crippen LogP contribution in [0.5, 0.6) is 0 Å². The van der Waals surface area contributed by atoms with Crippen molar-refractivity contribution in [3.05, 3.63) is 0 Å². The molecule has 0 radical (unpaired) electrons. The number of carbonyl (C=O) groups excluding carboxylic acids is 3. The predicted octanol–water partition coefficient (Wildman–Crippen LogP) is 8.20. The van der Waals surface area contributed by atoms with E-state index in [0.717, 1.165) is 64.6 Å². The predicted molar refractivity (Wildman–Crippen MR) is 171 cm³/mol. The molecule has 242 valence electrons. The van der Waals surface area contributed by atoms with Crippen molar-refractivity contribution in [3.63, 3.8) is 0 Å². The van der Waals surface area contributed by atoms with Crippen molar-refractivity contribution in [1.82, 2.24) is 5.32 Å². The van der Waals surface area contributed by atoms with Gasteiger partial charge in [-0.2, -0.15) is 0 Å². The maximum absolute atomic E-state index is 12.2. The van der Waals surface area contributed by atoms with Gasteiger partial charge < -0.3 is 14.8 Å². The first-order valence-electron chi connectivity index (χ1n) is 17.0. The number of hydrogen-bond acceptors (Lipinski definition) is 5. The van der Waals surface area contributed by atoms with Gasteiger partial charge in [-0.05, 0) is 96.3 Å². The number of ketones is 2. The normalized spacial score (nSPS) is 23.7. The second-order valence-corrected chi connectivity index (χ2v) is 13.6. The van der Waals surface area contributed by atoms with E-state index in [2.05, 4.69) is 33.0 Å². The average molecular weight is 582 g/mol. The van der Waals surface area contributed by atoms with Gasteiger partial charge in [0.15, 0.2) is 0 Å². The minimum absolute atomic E-state index is 0. The summed E-state index contributed by atoms with van der Waals surface area (Å²) in [6.07, 6.45) is 13.5. The largest absolute Gasteiger partial charge is 0.381 e. The number of ether oxygens (including phenoxy) is 2. The van der Waals surface area contributed by atoms with E-state index >= 15 is 0 Å². The van der Waals surface area contributed by atoms with Gasteiger partial charge in [0, 0.05) is 57.4 Å². The first kappa shape index (κ1) is 37.8. The standard InChI is InChI=1S/C25H45NO4.C10H20O.H2/c1-18(2)25(28)22-11-13-23(14-12-22)26-24(27)6-5-15-29-16-20-7-9-21(10-8-20)17-30-19(3)4;1-5-7-9(6-2)10(11)8(3)4;/h18-23H,5-17H2,1-4H3,(H,26,27);8-9H,5-7H2,1-4H3;1H/t;9-;/m.1./s1. The lowest BCUT2D eigenvalue weighted by molar-refractivity contribution is -0.127. The van der Waals surface area contributed by atoms with Gasteiger partial charge in [-0.1, -0.05) is 48.0 Å². The summed E-state index contributed by atoms with van der Waals surface area (Å²) >= 11 is 0. The molecule has 0 aromatic heterocycles. The lowest BCUT2D eigenvalue weighted by Gasteiger charge is -2.29. The summed E-state index contributed by atoms with van der Waals surface area (Å²) in [4.78, 5) is 35.8. The Morgan fingerprint density at radius 3 is 1.88 bits per heavy atom. The lowest BCUT2D eigenvalue weighted by Crippen LogP contribution is -2.39. The molecule has 0 unspecified atom stereocenters. The molecular formula is C35H67NO5.